The maximum absolute atomic E-state index is 14.0. The predicted octanol–water partition coefficient (Wildman–Crippen LogP) is 8.32. The average Bonchev–Trinajstić information content (AvgIpc) is 3.76. The van der Waals surface area contributed by atoms with Gasteiger partial charge >= 0.3 is 6.09 Å². The molecule has 1 saturated carbocycles. The first-order chi connectivity index (χ1) is 29.4. The predicted molar refractivity (Wildman–Crippen MR) is 234 cm³/mol. The van der Waals surface area contributed by atoms with Gasteiger partial charge in [0.1, 0.15) is 17.7 Å². The molecule has 13 nitrogen and oxygen atoms in total. The number of alkyl carbamates (subject to hydrolysis) is 1. The number of rotatable bonds is 14. The quantitative estimate of drug-likeness (QED) is 0.0945. The number of imidazole rings is 2. The van der Waals surface area contributed by atoms with E-state index < -0.39 is 12.1 Å². The van der Waals surface area contributed by atoms with Crippen LogP contribution in [0.5, 0.6) is 0 Å². The van der Waals surface area contributed by atoms with Gasteiger partial charge < -0.3 is 39.3 Å². The SMILES string of the molecule is COCCO[C@H]1C[C@@H](c2ncc(-c3ccc(-c4ccc5cc(-c6cnc([C@@H]7CC8(CC8)CN7C(=O)[C@@H](C)C(C)C)[nH]6)ccc5c4)cc3)[nH]2)N(C(=O)[C@@H](NC(=O)OC)C(C)C)C1. The Bertz CT molecular complexity index is 2360. The van der Waals surface area contributed by atoms with Crippen molar-refractivity contribution in [3.8, 4) is 33.6 Å². The zero-order valence-corrected chi connectivity index (χ0v) is 36.4. The number of amides is 3. The van der Waals surface area contributed by atoms with Crippen LogP contribution in [-0.4, -0.2) is 100 Å². The van der Waals surface area contributed by atoms with Crippen molar-refractivity contribution in [1.29, 1.82) is 0 Å². The Morgan fingerprint density at radius 3 is 1.98 bits per heavy atom. The molecule has 61 heavy (non-hydrogen) atoms. The van der Waals surface area contributed by atoms with Crippen LogP contribution in [0.3, 0.4) is 0 Å². The van der Waals surface area contributed by atoms with Crippen molar-refractivity contribution < 1.29 is 28.6 Å². The monoisotopic (exact) mass is 829 g/mol. The smallest absolute Gasteiger partial charge is 0.407 e. The number of carbonyl (C=O) groups excluding carboxylic acids is 3. The van der Waals surface area contributed by atoms with E-state index in [0.717, 1.165) is 63.2 Å². The van der Waals surface area contributed by atoms with Gasteiger partial charge in [0.05, 0.1) is 62.3 Å². The van der Waals surface area contributed by atoms with E-state index in [2.05, 4.69) is 102 Å². The second-order valence-electron chi connectivity index (χ2n) is 18.0. The van der Waals surface area contributed by atoms with E-state index in [0.29, 0.717) is 37.9 Å². The van der Waals surface area contributed by atoms with Crippen molar-refractivity contribution in [2.24, 2.45) is 23.2 Å². The second kappa shape index (κ2) is 17.4. The van der Waals surface area contributed by atoms with Crippen molar-refractivity contribution in [2.75, 3.05) is 40.5 Å². The number of H-pyrrole nitrogens is 2. The Balaban J connectivity index is 0.965. The fraction of sp³-hybridized carbons (Fsp3) is 0.479. The van der Waals surface area contributed by atoms with Crippen molar-refractivity contribution >= 4 is 28.7 Å². The molecule has 3 aliphatic rings. The Morgan fingerprint density at radius 1 is 0.754 bits per heavy atom. The van der Waals surface area contributed by atoms with Crippen LogP contribution in [0.1, 0.15) is 84.0 Å². The summed E-state index contributed by atoms with van der Waals surface area (Å²) in [4.78, 5) is 60.2. The number of benzene rings is 3. The molecule has 322 valence electrons. The standard InChI is InChI=1S/C48H59N7O6/c1-28(2)30(5)45(56)55-27-48(16-17-48)23-41(55)44-50-25-39(52-44)36-15-14-34-20-33(12-13-35(34)21-36)31-8-10-32(11-9-31)38-24-49-43(51-38)40-22-37(61-19-18-59-6)26-54(40)46(57)42(29(3)4)53-47(58)60-7/h8-15,20-21,24-25,28-30,37,40-42H,16-19,22-23,26-27H2,1-7H3,(H,49,51)(H,50,52)(H,53,58)/t30-,37-,40-,41-,42-/m0/s1. The molecule has 5 atom stereocenters. The summed E-state index contributed by atoms with van der Waals surface area (Å²) in [7, 11) is 2.91. The molecule has 1 aliphatic carbocycles. The van der Waals surface area contributed by atoms with E-state index in [9.17, 15) is 14.4 Å². The molecule has 3 amide bonds. The summed E-state index contributed by atoms with van der Waals surface area (Å²) in [5.41, 5.74) is 6.28. The topological polar surface area (TPSA) is 155 Å². The van der Waals surface area contributed by atoms with E-state index in [-0.39, 0.29) is 47.3 Å². The van der Waals surface area contributed by atoms with Crippen molar-refractivity contribution in [3.63, 3.8) is 0 Å². The molecule has 0 unspecified atom stereocenters. The Hall–Kier alpha value is -5.53. The summed E-state index contributed by atoms with van der Waals surface area (Å²) in [5.74, 6) is 1.68. The number of nitrogens with zero attached hydrogens (tertiary/aromatic N) is 4. The maximum atomic E-state index is 14.0. The minimum atomic E-state index is -0.767. The zero-order chi connectivity index (χ0) is 43.0. The van der Waals surface area contributed by atoms with E-state index in [1.807, 2.05) is 20.0 Å². The van der Waals surface area contributed by atoms with Gasteiger partial charge in [-0.3, -0.25) is 9.59 Å². The van der Waals surface area contributed by atoms with Crippen LogP contribution in [0.15, 0.2) is 73.1 Å². The number of likely N-dealkylation sites (tertiary alicyclic amines) is 2. The third-order valence-corrected chi connectivity index (χ3v) is 13.2. The molecule has 3 fully saturated rings. The average molecular weight is 830 g/mol. The van der Waals surface area contributed by atoms with Gasteiger partial charge in [-0.1, -0.05) is 83.1 Å². The molecular weight excluding hydrogens is 771 g/mol. The molecule has 1 spiro atoms. The van der Waals surface area contributed by atoms with Gasteiger partial charge in [0.2, 0.25) is 11.8 Å². The van der Waals surface area contributed by atoms with Crippen LogP contribution in [0.4, 0.5) is 4.79 Å². The Morgan fingerprint density at radius 2 is 1.36 bits per heavy atom. The fourth-order valence-electron chi connectivity index (χ4n) is 8.96. The van der Waals surface area contributed by atoms with Crippen molar-refractivity contribution in [3.05, 3.63) is 84.7 Å². The van der Waals surface area contributed by atoms with Crippen molar-refractivity contribution in [1.82, 2.24) is 35.1 Å². The lowest BCUT2D eigenvalue weighted by molar-refractivity contribution is -0.137. The molecule has 8 rings (SSSR count). The first kappa shape index (κ1) is 42.2. The van der Waals surface area contributed by atoms with Gasteiger partial charge in [0.15, 0.2) is 0 Å². The van der Waals surface area contributed by atoms with Gasteiger partial charge in [-0.15, -0.1) is 0 Å². The summed E-state index contributed by atoms with van der Waals surface area (Å²) in [6, 6.07) is 20.2. The first-order valence-electron chi connectivity index (χ1n) is 21.7. The summed E-state index contributed by atoms with van der Waals surface area (Å²) < 4.78 is 16.1. The van der Waals surface area contributed by atoms with E-state index >= 15 is 0 Å². The molecule has 2 aromatic heterocycles. The normalized spacial score (nSPS) is 20.5. The summed E-state index contributed by atoms with van der Waals surface area (Å²) in [5, 5.41) is 4.98. The maximum Gasteiger partial charge on any atom is 0.407 e. The molecule has 2 aliphatic heterocycles. The number of fused-ring (bicyclic) bond motifs is 1. The highest BCUT2D eigenvalue weighted by Gasteiger charge is 2.54. The van der Waals surface area contributed by atoms with Crippen LogP contribution in [0, 0.1) is 23.2 Å². The summed E-state index contributed by atoms with van der Waals surface area (Å²) in [6.45, 7) is 12.1. The third kappa shape index (κ3) is 8.81. The highest BCUT2D eigenvalue weighted by atomic mass is 16.5. The fourth-order valence-corrected chi connectivity index (χ4v) is 8.96. The molecular formula is C48H59N7O6. The second-order valence-corrected chi connectivity index (χ2v) is 18.0. The number of aromatic nitrogens is 4. The molecule has 4 heterocycles. The minimum absolute atomic E-state index is 0.0110. The molecule has 3 aromatic carbocycles. The third-order valence-electron chi connectivity index (χ3n) is 13.2. The number of carbonyl (C=O) groups is 3. The number of aromatic amines is 2. The number of ether oxygens (including phenoxy) is 3. The lowest BCUT2D eigenvalue weighted by Gasteiger charge is -2.29. The van der Waals surface area contributed by atoms with Gasteiger partial charge in [0, 0.05) is 38.1 Å². The summed E-state index contributed by atoms with van der Waals surface area (Å²) >= 11 is 0. The lowest BCUT2D eigenvalue weighted by atomic mass is 9.96. The van der Waals surface area contributed by atoms with Gasteiger partial charge in [-0.2, -0.15) is 0 Å². The molecule has 2 saturated heterocycles. The van der Waals surface area contributed by atoms with Crippen LogP contribution in [0.2, 0.25) is 0 Å². The van der Waals surface area contributed by atoms with E-state index in [4.69, 9.17) is 24.2 Å². The number of nitrogens with one attached hydrogen (secondary N) is 3. The Kier molecular flexibility index (Phi) is 12.1. The van der Waals surface area contributed by atoms with E-state index in [1.165, 1.54) is 20.0 Å². The Labute approximate surface area is 358 Å². The number of hydrogen-bond donors (Lipinski definition) is 3. The van der Waals surface area contributed by atoms with Crippen LogP contribution < -0.4 is 5.32 Å². The molecule has 5 aromatic rings. The molecule has 0 bridgehead atoms. The lowest BCUT2D eigenvalue weighted by Crippen LogP contribution is -2.51. The van der Waals surface area contributed by atoms with Gasteiger partial charge in [-0.25, -0.2) is 14.8 Å². The number of methoxy groups -OCH3 is 2. The van der Waals surface area contributed by atoms with E-state index in [1.54, 1.807) is 18.2 Å². The van der Waals surface area contributed by atoms with Crippen molar-refractivity contribution in [2.45, 2.75) is 84.5 Å². The first-order valence-corrected chi connectivity index (χ1v) is 21.7. The van der Waals surface area contributed by atoms with Crippen LogP contribution in [-0.2, 0) is 23.8 Å². The summed E-state index contributed by atoms with van der Waals surface area (Å²) in [6.07, 6.45) is 6.76. The highest BCUT2D eigenvalue weighted by molar-refractivity contribution is 5.91. The van der Waals surface area contributed by atoms with Gasteiger partial charge in [0.25, 0.3) is 0 Å². The number of hydrogen-bond acceptors (Lipinski definition) is 8. The molecule has 13 heteroatoms. The highest BCUT2D eigenvalue weighted by Crippen LogP contribution is 2.58. The largest absolute Gasteiger partial charge is 0.453 e. The van der Waals surface area contributed by atoms with Crippen LogP contribution in [0.25, 0.3) is 44.4 Å². The van der Waals surface area contributed by atoms with Gasteiger partial charge in [-0.05, 0) is 76.1 Å². The molecule has 0 radical (unpaired) electrons. The molecule has 3 N–H and O–H groups in total. The van der Waals surface area contributed by atoms with Crippen LogP contribution >= 0.6 is 0 Å². The zero-order valence-electron chi connectivity index (χ0n) is 36.4. The minimum Gasteiger partial charge on any atom is -0.453 e.